The van der Waals surface area contributed by atoms with E-state index in [0.717, 1.165) is 54.2 Å². The van der Waals surface area contributed by atoms with E-state index in [4.69, 9.17) is 14.5 Å². The Morgan fingerprint density at radius 1 is 1.05 bits per heavy atom. The number of nitrogens with one attached hydrogen (secondary N) is 1. The van der Waals surface area contributed by atoms with Crippen LogP contribution < -0.4 is 19.7 Å². The lowest BCUT2D eigenvalue weighted by Gasteiger charge is -2.33. The molecule has 2 aromatic carbocycles. The number of pyridine rings is 1. The molecular weight excluding hydrogens is 464 g/mol. The van der Waals surface area contributed by atoms with Crippen LogP contribution in [0.5, 0.6) is 11.5 Å². The number of fused-ring (bicyclic) bond motifs is 2. The predicted molar refractivity (Wildman–Crippen MR) is 148 cm³/mol. The molecule has 3 heterocycles. The van der Waals surface area contributed by atoms with E-state index in [1.165, 1.54) is 36.9 Å². The van der Waals surface area contributed by atoms with E-state index < -0.39 is 0 Å². The summed E-state index contributed by atoms with van der Waals surface area (Å²) in [4.78, 5) is 23.1. The quantitative estimate of drug-likeness (QED) is 0.446. The number of piperidine rings is 1. The highest BCUT2D eigenvalue weighted by molar-refractivity contribution is 6.07. The summed E-state index contributed by atoms with van der Waals surface area (Å²) in [5.74, 6) is 2.28. The number of methoxy groups -OCH3 is 2. The molecule has 0 spiro atoms. The van der Waals surface area contributed by atoms with E-state index in [2.05, 4.69) is 34.2 Å². The average molecular weight is 503 g/mol. The van der Waals surface area contributed by atoms with Crippen LogP contribution in [0.2, 0.25) is 0 Å². The van der Waals surface area contributed by atoms with E-state index in [0.29, 0.717) is 24.7 Å². The highest BCUT2D eigenvalue weighted by atomic mass is 16.5. The van der Waals surface area contributed by atoms with Gasteiger partial charge in [-0.15, -0.1) is 0 Å². The zero-order valence-electron chi connectivity index (χ0n) is 22.3. The summed E-state index contributed by atoms with van der Waals surface area (Å²) in [7, 11) is 3.33. The summed E-state index contributed by atoms with van der Waals surface area (Å²) >= 11 is 0. The third kappa shape index (κ3) is 5.52. The van der Waals surface area contributed by atoms with E-state index in [9.17, 15) is 4.79 Å². The van der Waals surface area contributed by atoms with Gasteiger partial charge in [0, 0.05) is 37.6 Å². The second kappa shape index (κ2) is 11.4. The Labute approximate surface area is 219 Å². The second-order valence-corrected chi connectivity index (χ2v) is 10.2. The molecule has 196 valence electrons. The van der Waals surface area contributed by atoms with Crippen molar-refractivity contribution in [2.24, 2.45) is 0 Å². The molecule has 2 aliphatic rings. The van der Waals surface area contributed by atoms with E-state index in [-0.39, 0.29) is 5.91 Å². The second-order valence-electron chi connectivity index (χ2n) is 10.2. The van der Waals surface area contributed by atoms with Crippen molar-refractivity contribution in [2.75, 3.05) is 45.3 Å². The molecule has 0 radical (unpaired) electrons. The summed E-state index contributed by atoms with van der Waals surface area (Å²) in [6, 6.07) is 14.6. The summed E-state index contributed by atoms with van der Waals surface area (Å²) in [6.07, 6.45) is 5.72. The lowest BCUT2D eigenvalue weighted by Crippen LogP contribution is -2.39. The summed E-state index contributed by atoms with van der Waals surface area (Å²) in [5.41, 5.74) is 3.97. The van der Waals surface area contributed by atoms with Crippen LogP contribution in [-0.2, 0) is 13.0 Å². The first-order valence-corrected chi connectivity index (χ1v) is 13.5. The number of carbonyl (C=O) groups is 1. The van der Waals surface area contributed by atoms with Crippen LogP contribution in [0.3, 0.4) is 0 Å². The highest BCUT2D eigenvalue weighted by Crippen LogP contribution is 2.35. The van der Waals surface area contributed by atoms with Gasteiger partial charge < -0.3 is 24.6 Å². The molecule has 1 unspecified atom stereocenters. The van der Waals surface area contributed by atoms with E-state index in [1.54, 1.807) is 14.2 Å². The molecule has 0 bridgehead atoms. The maximum Gasteiger partial charge on any atom is 0.252 e. The Morgan fingerprint density at radius 2 is 1.84 bits per heavy atom. The zero-order chi connectivity index (χ0) is 25.8. The monoisotopic (exact) mass is 502 g/mol. The fourth-order valence-corrected chi connectivity index (χ4v) is 5.66. The fourth-order valence-electron chi connectivity index (χ4n) is 5.66. The first-order valence-electron chi connectivity index (χ1n) is 13.5. The van der Waals surface area contributed by atoms with Crippen molar-refractivity contribution in [2.45, 2.75) is 51.6 Å². The van der Waals surface area contributed by atoms with Gasteiger partial charge in [-0.3, -0.25) is 4.79 Å². The van der Waals surface area contributed by atoms with Gasteiger partial charge in [-0.05, 0) is 74.5 Å². The van der Waals surface area contributed by atoms with Crippen molar-refractivity contribution in [1.29, 1.82) is 0 Å². The van der Waals surface area contributed by atoms with Gasteiger partial charge in [0.15, 0.2) is 11.5 Å². The summed E-state index contributed by atoms with van der Waals surface area (Å²) in [6.45, 7) is 6.72. The van der Waals surface area contributed by atoms with E-state index >= 15 is 0 Å². The minimum absolute atomic E-state index is 0.0321. The number of nitrogens with zero attached hydrogens (tertiary/aromatic N) is 3. The van der Waals surface area contributed by atoms with Gasteiger partial charge in [0.2, 0.25) is 0 Å². The standard InChI is InChI=1S/C30H38N4O3/c1-21-9-6-7-14-33(21)15-8-13-31-30(35)25-19-29(32-26-11-5-4-10-24(25)26)34-16-12-22-17-27(36-2)28(37-3)18-23(22)20-34/h4-5,10-11,17-19,21H,6-9,12-16,20H2,1-3H3,(H,31,35). The van der Waals surface area contributed by atoms with Crippen LogP contribution in [0.4, 0.5) is 5.82 Å². The van der Waals surface area contributed by atoms with Crippen molar-refractivity contribution >= 4 is 22.6 Å². The van der Waals surface area contributed by atoms with Gasteiger partial charge in [-0.2, -0.15) is 0 Å². The number of amides is 1. The molecule has 7 heteroatoms. The maximum atomic E-state index is 13.4. The fraction of sp³-hybridized carbons (Fsp3) is 0.467. The van der Waals surface area contributed by atoms with Crippen molar-refractivity contribution in [3.05, 3.63) is 59.2 Å². The lowest BCUT2D eigenvalue weighted by molar-refractivity contribution is 0.0950. The predicted octanol–water partition coefficient (Wildman–Crippen LogP) is 4.81. The molecule has 7 nitrogen and oxygen atoms in total. The molecule has 1 saturated heterocycles. The van der Waals surface area contributed by atoms with Gasteiger partial charge in [0.25, 0.3) is 5.91 Å². The molecule has 5 rings (SSSR count). The van der Waals surface area contributed by atoms with Crippen LogP contribution in [-0.4, -0.2) is 62.2 Å². The van der Waals surface area contributed by atoms with Gasteiger partial charge >= 0.3 is 0 Å². The maximum absolute atomic E-state index is 13.4. The van der Waals surface area contributed by atoms with Crippen LogP contribution >= 0.6 is 0 Å². The lowest BCUT2D eigenvalue weighted by atomic mass is 9.98. The van der Waals surface area contributed by atoms with Gasteiger partial charge in [0.1, 0.15) is 5.82 Å². The molecule has 0 aliphatic carbocycles. The molecule has 0 saturated carbocycles. The summed E-state index contributed by atoms with van der Waals surface area (Å²) in [5, 5.41) is 4.06. The average Bonchev–Trinajstić information content (AvgIpc) is 2.94. The molecule has 1 N–H and O–H groups in total. The zero-order valence-corrected chi connectivity index (χ0v) is 22.3. The number of ether oxygens (including phenoxy) is 2. The SMILES string of the molecule is COc1cc2c(cc1OC)CN(c1cc(C(=O)NCCCN3CCCCC3C)c3ccccc3n1)CC2. The van der Waals surface area contributed by atoms with Crippen molar-refractivity contribution in [3.63, 3.8) is 0 Å². The van der Waals surface area contributed by atoms with Crippen LogP contribution in [0.25, 0.3) is 10.9 Å². The number of carbonyl (C=O) groups excluding carboxylic acids is 1. The number of hydrogen-bond acceptors (Lipinski definition) is 6. The highest BCUT2D eigenvalue weighted by Gasteiger charge is 2.23. The molecule has 3 aromatic rings. The third-order valence-corrected chi connectivity index (χ3v) is 7.84. The third-order valence-electron chi connectivity index (χ3n) is 7.84. The van der Waals surface area contributed by atoms with Gasteiger partial charge in [0.05, 0.1) is 25.3 Å². The first kappa shape index (κ1) is 25.3. The number of hydrogen-bond donors (Lipinski definition) is 1. The number of rotatable bonds is 8. The topological polar surface area (TPSA) is 66.9 Å². The minimum atomic E-state index is -0.0321. The van der Waals surface area contributed by atoms with Crippen LogP contribution in [0.1, 0.15) is 54.1 Å². The molecule has 1 atom stereocenters. The van der Waals surface area contributed by atoms with Crippen molar-refractivity contribution in [1.82, 2.24) is 15.2 Å². The first-order chi connectivity index (χ1) is 18.1. The molecule has 1 amide bonds. The Hall–Kier alpha value is -3.32. The van der Waals surface area contributed by atoms with Gasteiger partial charge in [-0.1, -0.05) is 24.6 Å². The number of para-hydroxylation sites is 1. The smallest absolute Gasteiger partial charge is 0.252 e. The molecule has 37 heavy (non-hydrogen) atoms. The molecule has 1 fully saturated rings. The number of benzene rings is 2. The number of likely N-dealkylation sites (tertiary alicyclic amines) is 1. The Bertz CT molecular complexity index is 1260. The molecule has 1 aromatic heterocycles. The largest absolute Gasteiger partial charge is 0.493 e. The van der Waals surface area contributed by atoms with E-state index in [1.807, 2.05) is 30.3 Å². The molecule has 2 aliphatic heterocycles. The number of aromatic nitrogens is 1. The van der Waals surface area contributed by atoms with Crippen LogP contribution in [0, 0.1) is 0 Å². The Balaban J connectivity index is 1.32. The van der Waals surface area contributed by atoms with Gasteiger partial charge in [-0.25, -0.2) is 4.98 Å². The van der Waals surface area contributed by atoms with Crippen molar-refractivity contribution < 1.29 is 14.3 Å². The van der Waals surface area contributed by atoms with Crippen molar-refractivity contribution in [3.8, 4) is 11.5 Å². The minimum Gasteiger partial charge on any atom is -0.493 e. The summed E-state index contributed by atoms with van der Waals surface area (Å²) < 4.78 is 11.0. The Morgan fingerprint density at radius 3 is 2.62 bits per heavy atom. The van der Waals surface area contributed by atoms with Crippen LogP contribution in [0.15, 0.2) is 42.5 Å². The normalized spacial score (nSPS) is 17.9. The molecular formula is C30H38N4O3. The Kier molecular flexibility index (Phi) is 7.79. The number of anilines is 1.